The van der Waals surface area contributed by atoms with Crippen LogP contribution in [0.5, 0.6) is 17.2 Å². The molecule has 0 atom stereocenters. The SMILES string of the molecule is COCCOc1ccc2ncnc(Nc3ccc(Oc4cnc5ccnn5c4)c(C)c3)c2c1. The van der Waals surface area contributed by atoms with Gasteiger partial charge in [-0.15, -0.1) is 0 Å². The predicted molar refractivity (Wildman–Crippen MR) is 124 cm³/mol. The Bertz CT molecular complexity index is 1420. The van der Waals surface area contributed by atoms with E-state index in [1.54, 1.807) is 36.5 Å². The zero-order valence-electron chi connectivity index (χ0n) is 18.2. The van der Waals surface area contributed by atoms with Crippen molar-refractivity contribution in [3.8, 4) is 17.2 Å². The number of hydrogen-bond donors (Lipinski definition) is 1. The van der Waals surface area contributed by atoms with Gasteiger partial charge in [0, 0.05) is 24.2 Å². The van der Waals surface area contributed by atoms with E-state index in [4.69, 9.17) is 14.2 Å². The quantitative estimate of drug-likeness (QED) is 0.350. The molecule has 3 heterocycles. The number of aromatic nitrogens is 5. The minimum Gasteiger partial charge on any atom is -0.491 e. The summed E-state index contributed by atoms with van der Waals surface area (Å²) in [5, 5.41) is 8.44. The van der Waals surface area contributed by atoms with Crippen molar-refractivity contribution in [1.29, 1.82) is 0 Å². The van der Waals surface area contributed by atoms with Crippen LogP contribution < -0.4 is 14.8 Å². The molecule has 166 valence electrons. The first-order valence-corrected chi connectivity index (χ1v) is 10.4. The number of anilines is 2. The standard InChI is InChI=1S/C24H22N6O3/c1-16-11-17(3-6-22(16)33-19-13-25-23-7-8-28-30(23)14-19)29-24-20-12-18(32-10-9-31-2)4-5-21(20)26-15-27-24/h3-8,11-15H,9-10H2,1-2H3,(H,26,27,29). The number of aryl methyl sites for hydroxylation is 1. The van der Waals surface area contributed by atoms with E-state index < -0.39 is 0 Å². The van der Waals surface area contributed by atoms with Gasteiger partial charge in [0.1, 0.15) is 30.3 Å². The molecule has 0 aliphatic heterocycles. The normalized spacial score (nSPS) is 11.1. The van der Waals surface area contributed by atoms with Gasteiger partial charge in [-0.05, 0) is 48.9 Å². The second-order valence-corrected chi connectivity index (χ2v) is 7.37. The molecular formula is C24H22N6O3. The maximum absolute atomic E-state index is 6.02. The van der Waals surface area contributed by atoms with Crippen molar-refractivity contribution in [2.75, 3.05) is 25.6 Å². The molecular weight excluding hydrogens is 420 g/mol. The Kier molecular flexibility index (Phi) is 5.69. The van der Waals surface area contributed by atoms with Crippen LogP contribution in [0.4, 0.5) is 11.5 Å². The van der Waals surface area contributed by atoms with E-state index in [-0.39, 0.29) is 0 Å². The van der Waals surface area contributed by atoms with Gasteiger partial charge in [0.05, 0.1) is 30.7 Å². The van der Waals surface area contributed by atoms with Gasteiger partial charge >= 0.3 is 0 Å². The summed E-state index contributed by atoms with van der Waals surface area (Å²) in [5.74, 6) is 2.77. The molecule has 5 aromatic rings. The van der Waals surface area contributed by atoms with Gasteiger partial charge < -0.3 is 19.5 Å². The van der Waals surface area contributed by atoms with Gasteiger partial charge in [-0.25, -0.2) is 19.5 Å². The third-order valence-electron chi connectivity index (χ3n) is 5.05. The first-order valence-electron chi connectivity index (χ1n) is 10.4. The lowest BCUT2D eigenvalue weighted by Crippen LogP contribution is -2.04. The molecule has 0 aliphatic rings. The zero-order chi connectivity index (χ0) is 22.6. The van der Waals surface area contributed by atoms with Crippen LogP contribution >= 0.6 is 0 Å². The van der Waals surface area contributed by atoms with Crippen molar-refractivity contribution in [1.82, 2.24) is 24.6 Å². The summed E-state index contributed by atoms with van der Waals surface area (Å²) < 4.78 is 18.5. The number of methoxy groups -OCH3 is 1. The fraction of sp³-hybridized carbons (Fsp3) is 0.167. The summed E-state index contributed by atoms with van der Waals surface area (Å²) in [6.45, 7) is 2.98. The molecule has 0 unspecified atom stereocenters. The summed E-state index contributed by atoms with van der Waals surface area (Å²) in [4.78, 5) is 13.1. The summed E-state index contributed by atoms with van der Waals surface area (Å²) in [6.07, 6.45) is 6.72. The monoisotopic (exact) mass is 442 g/mol. The Hall–Kier alpha value is -4.24. The summed E-state index contributed by atoms with van der Waals surface area (Å²) >= 11 is 0. The van der Waals surface area contributed by atoms with E-state index in [0.717, 1.165) is 39.3 Å². The van der Waals surface area contributed by atoms with Crippen LogP contribution in [0.15, 0.2) is 67.4 Å². The fourth-order valence-corrected chi connectivity index (χ4v) is 3.42. The average Bonchev–Trinajstić information content (AvgIpc) is 3.29. The van der Waals surface area contributed by atoms with Crippen LogP contribution in [0, 0.1) is 6.92 Å². The van der Waals surface area contributed by atoms with E-state index in [1.165, 1.54) is 0 Å². The highest BCUT2D eigenvalue weighted by molar-refractivity contribution is 5.91. The van der Waals surface area contributed by atoms with Crippen LogP contribution in [0.1, 0.15) is 5.56 Å². The van der Waals surface area contributed by atoms with Crippen molar-refractivity contribution in [3.05, 3.63) is 72.9 Å². The van der Waals surface area contributed by atoms with Crippen molar-refractivity contribution < 1.29 is 14.2 Å². The third kappa shape index (κ3) is 4.53. The average molecular weight is 442 g/mol. The van der Waals surface area contributed by atoms with Gasteiger partial charge in [0.2, 0.25) is 0 Å². The smallest absolute Gasteiger partial charge is 0.164 e. The molecule has 0 radical (unpaired) electrons. The number of nitrogens with zero attached hydrogens (tertiary/aromatic N) is 5. The molecule has 9 heteroatoms. The molecule has 0 fully saturated rings. The van der Waals surface area contributed by atoms with Crippen LogP contribution in [-0.2, 0) is 4.74 Å². The van der Waals surface area contributed by atoms with Gasteiger partial charge in [0.25, 0.3) is 0 Å². The molecule has 0 aliphatic carbocycles. The molecule has 2 aromatic carbocycles. The van der Waals surface area contributed by atoms with Crippen molar-refractivity contribution in [3.63, 3.8) is 0 Å². The largest absolute Gasteiger partial charge is 0.491 e. The van der Waals surface area contributed by atoms with E-state index in [0.29, 0.717) is 24.8 Å². The molecule has 33 heavy (non-hydrogen) atoms. The van der Waals surface area contributed by atoms with Gasteiger partial charge in [-0.2, -0.15) is 5.10 Å². The second kappa shape index (κ2) is 9.09. The first-order chi connectivity index (χ1) is 16.2. The third-order valence-corrected chi connectivity index (χ3v) is 5.05. The summed E-state index contributed by atoms with van der Waals surface area (Å²) in [5.41, 5.74) is 3.43. The Morgan fingerprint density at radius 1 is 0.970 bits per heavy atom. The number of ether oxygens (including phenoxy) is 3. The molecule has 0 saturated heterocycles. The number of benzene rings is 2. The van der Waals surface area contributed by atoms with Gasteiger partial charge in [-0.3, -0.25) is 0 Å². The molecule has 0 bridgehead atoms. The topological polar surface area (TPSA) is 95.7 Å². The van der Waals surface area contributed by atoms with Crippen LogP contribution in [0.3, 0.4) is 0 Å². The van der Waals surface area contributed by atoms with E-state index in [2.05, 4.69) is 25.4 Å². The minimum atomic E-state index is 0.474. The number of fused-ring (bicyclic) bond motifs is 2. The van der Waals surface area contributed by atoms with E-state index in [1.807, 2.05) is 49.4 Å². The molecule has 0 spiro atoms. The van der Waals surface area contributed by atoms with Crippen molar-refractivity contribution in [2.24, 2.45) is 0 Å². The predicted octanol–water partition coefficient (Wildman–Crippen LogP) is 4.54. The highest BCUT2D eigenvalue weighted by Gasteiger charge is 2.09. The Balaban J connectivity index is 1.36. The van der Waals surface area contributed by atoms with E-state index >= 15 is 0 Å². The molecule has 5 rings (SSSR count). The molecule has 3 aromatic heterocycles. The number of rotatable bonds is 8. The minimum absolute atomic E-state index is 0.474. The maximum atomic E-state index is 6.02. The van der Waals surface area contributed by atoms with Crippen molar-refractivity contribution >= 4 is 28.1 Å². The van der Waals surface area contributed by atoms with Crippen LogP contribution in [0.25, 0.3) is 16.6 Å². The highest BCUT2D eigenvalue weighted by Crippen LogP contribution is 2.30. The molecule has 0 amide bonds. The van der Waals surface area contributed by atoms with E-state index in [9.17, 15) is 0 Å². The lowest BCUT2D eigenvalue weighted by molar-refractivity contribution is 0.146. The van der Waals surface area contributed by atoms with Gasteiger partial charge in [-0.1, -0.05) is 0 Å². The zero-order valence-corrected chi connectivity index (χ0v) is 18.2. The highest BCUT2D eigenvalue weighted by atomic mass is 16.5. The lowest BCUT2D eigenvalue weighted by Gasteiger charge is -2.13. The number of hydrogen-bond acceptors (Lipinski definition) is 8. The molecule has 0 saturated carbocycles. The van der Waals surface area contributed by atoms with Gasteiger partial charge in [0.15, 0.2) is 11.4 Å². The molecule has 9 nitrogen and oxygen atoms in total. The Labute approximate surface area is 190 Å². The Morgan fingerprint density at radius 3 is 2.79 bits per heavy atom. The van der Waals surface area contributed by atoms with Crippen molar-refractivity contribution in [2.45, 2.75) is 6.92 Å². The Morgan fingerprint density at radius 2 is 1.91 bits per heavy atom. The number of nitrogens with one attached hydrogen (secondary N) is 1. The summed E-state index contributed by atoms with van der Waals surface area (Å²) in [7, 11) is 1.65. The molecule has 1 N–H and O–H groups in total. The first kappa shape index (κ1) is 20.7. The fourth-order valence-electron chi connectivity index (χ4n) is 3.42. The second-order valence-electron chi connectivity index (χ2n) is 7.37. The van der Waals surface area contributed by atoms with Crippen LogP contribution in [0.2, 0.25) is 0 Å². The summed E-state index contributed by atoms with van der Waals surface area (Å²) in [6, 6.07) is 13.4. The lowest BCUT2D eigenvalue weighted by atomic mass is 10.2. The van der Waals surface area contributed by atoms with Crippen LogP contribution in [-0.4, -0.2) is 44.9 Å². The maximum Gasteiger partial charge on any atom is 0.164 e.